The van der Waals surface area contributed by atoms with Gasteiger partial charge in [-0.2, -0.15) is 0 Å². The van der Waals surface area contributed by atoms with Crippen LogP contribution in [0.25, 0.3) is 0 Å². The molecule has 5 nitrogen and oxygen atoms in total. The Kier molecular flexibility index (Phi) is 3.46. The second-order valence-electron chi connectivity index (χ2n) is 3.64. The Morgan fingerprint density at radius 1 is 1.79 bits per heavy atom. The minimum Gasteiger partial charge on any atom is -0.394 e. The zero-order valence-corrected chi connectivity index (χ0v) is 8.49. The minimum absolute atomic E-state index is 0.0666. The van der Waals surface area contributed by atoms with Crippen molar-refractivity contribution >= 4 is 11.8 Å². The maximum atomic E-state index is 11.7. The molecule has 0 radical (unpaired) electrons. The van der Waals surface area contributed by atoms with Crippen LogP contribution in [0, 0.1) is 0 Å². The molecule has 0 saturated carbocycles. The highest BCUT2D eigenvalue weighted by atomic mass is 16.3. The van der Waals surface area contributed by atoms with Crippen molar-refractivity contribution in [1.82, 2.24) is 10.2 Å². The third-order valence-electron chi connectivity index (χ3n) is 2.57. The number of aliphatic hydroxyl groups excluding tert-OH is 1. The second-order valence-corrected chi connectivity index (χ2v) is 3.64. The van der Waals surface area contributed by atoms with Gasteiger partial charge in [0.15, 0.2) is 0 Å². The fraction of sp³-hybridized carbons (Fsp3) is 0.778. The van der Waals surface area contributed by atoms with E-state index in [1.54, 1.807) is 14.0 Å². The molecule has 1 aliphatic heterocycles. The van der Waals surface area contributed by atoms with Crippen molar-refractivity contribution in [1.29, 1.82) is 0 Å². The van der Waals surface area contributed by atoms with Gasteiger partial charge in [-0.25, -0.2) is 0 Å². The lowest BCUT2D eigenvalue weighted by Crippen LogP contribution is -2.47. The van der Waals surface area contributed by atoms with Gasteiger partial charge in [0.2, 0.25) is 11.8 Å². The molecular formula is C9H16N2O3. The molecule has 0 aliphatic carbocycles. The first kappa shape index (κ1) is 11.0. The number of rotatable bonds is 3. The summed E-state index contributed by atoms with van der Waals surface area (Å²) in [5.74, 6) is -0.203. The maximum Gasteiger partial charge on any atom is 0.245 e. The summed E-state index contributed by atoms with van der Waals surface area (Å²) >= 11 is 0. The summed E-state index contributed by atoms with van der Waals surface area (Å²) in [5, 5.41) is 11.5. The molecule has 0 bridgehead atoms. The molecule has 1 aliphatic rings. The van der Waals surface area contributed by atoms with Crippen molar-refractivity contribution in [2.75, 3.05) is 13.7 Å². The van der Waals surface area contributed by atoms with Gasteiger partial charge in [-0.15, -0.1) is 0 Å². The summed E-state index contributed by atoms with van der Waals surface area (Å²) in [6.45, 7) is 1.69. The van der Waals surface area contributed by atoms with Gasteiger partial charge in [0, 0.05) is 13.5 Å². The predicted molar refractivity (Wildman–Crippen MR) is 50.5 cm³/mol. The minimum atomic E-state index is -0.401. The molecule has 80 valence electrons. The number of nitrogens with one attached hydrogen (secondary N) is 1. The molecule has 2 amide bonds. The number of nitrogens with zero attached hydrogens (tertiary/aromatic N) is 1. The molecule has 2 atom stereocenters. The fourth-order valence-electron chi connectivity index (χ4n) is 1.38. The monoisotopic (exact) mass is 200 g/mol. The van der Waals surface area contributed by atoms with E-state index in [0.29, 0.717) is 12.8 Å². The van der Waals surface area contributed by atoms with E-state index >= 15 is 0 Å². The van der Waals surface area contributed by atoms with Gasteiger partial charge < -0.3 is 15.3 Å². The normalized spacial score (nSPS) is 23.1. The Morgan fingerprint density at radius 2 is 2.43 bits per heavy atom. The van der Waals surface area contributed by atoms with E-state index in [4.69, 9.17) is 5.11 Å². The number of carbonyl (C=O) groups is 2. The van der Waals surface area contributed by atoms with E-state index in [1.165, 1.54) is 4.90 Å². The van der Waals surface area contributed by atoms with Crippen LogP contribution in [-0.4, -0.2) is 47.6 Å². The van der Waals surface area contributed by atoms with E-state index in [-0.39, 0.29) is 24.5 Å². The molecule has 1 heterocycles. The van der Waals surface area contributed by atoms with Crippen molar-refractivity contribution < 1.29 is 14.7 Å². The molecule has 1 saturated heterocycles. The first-order valence-electron chi connectivity index (χ1n) is 4.73. The zero-order chi connectivity index (χ0) is 10.7. The van der Waals surface area contributed by atoms with Crippen LogP contribution >= 0.6 is 0 Å². The number of hydrogen-bond acceptors (Lipinski definition) is 3. The van der Waals surface area contributed by atoms with Crippen molar-refractivity contribution in [2.24, 2.45) is 0 Å². The van der Waals surface area contributed by atoms with Crippen LogP contribution in [0.4, 0.5) is 0 Å². The Labute approximate surface area is 83.1 Å². The third kappa shape index (κ3) is 2.23. The molecule has 0 aromatic carbocycles. The maximum absolute atomic E-state index is 11.7. The molecule has 1 unspecified atom stereocenters. The van der Waals surface area contributed by atoms with E-state index in [2.05, 4.69) is 5.32 Å². The highest BCUT2D eigenvalue weighted by Crippen LogP contribution is 2.10. The third-order valence-corrected chi connectivity index (χ3v) is 2.57. The molecule has 0 aromatic heterocycles. The van der Waals surface area contributed by atoms with Crippen LogP contribution in [0.5, 0.6) is 0 Å². The molecule has 14 heavy (non-hydrogen) atoms. The summed E-state index contributed by atoms with van der Waals surface area (Å²) in [6, 6.07) is -0.610. The number of hydrogen-bond donors (Lipinski definition) is 2. The zero-order valence-electron chi connectivity index (χ0n) is 8.49. The number of carbonyl (C=O) groups excluding carboxylic acids is 2. The number of aliphatic hydroxyl groups is 1. The van der Waals surface area contributed by atoms with Gasteiger partial charge in [0.1, 0.15) is 6.04 Å². The Bertz CT molecular complexity index is 242. The lowest BCUT2D eigenvalue weighted by Gasteiger charge is -2.25. The van der Waals surface area contributed by atoms with Crippen LogP contribution < -0.4 is 5.32 Å². The smallest absolute Gasteiger partial charge is 0.245 e. The summed E-state index contributed by atoms with van der Waals surface area (Å²) in [6.07, 6.45) is 0.970. The van der Waals surface area contributed by atoms with Crippen LogP contribution in [0.3, 0.4) is 0 Å². The van der Waals surface area contributed by atoms with Crippen LogP contribution in [0.15, 0.2) is 0 Å². The number of amides is 2. The predicted octanol–water partition coefficient (Wildman–Crippen LogP) is -0.896. The van der Waals surface area contributed by atoms with E-state index in [0.717, 1.165) is 0 Å². The summed E-state index contributed by atoms with van der Waals surface area (Å²) in [5.41, 5.74) is 0. The summed E-state index contributed by atoms with van der Waals surface area (Å²) < 4.78 is 0. The summed E-state index contributed by atoms with van der Waals surface area (Å²) in [4.78, 5) is 24.0. The molecular weight excluding hydrogens is 184 g/mol. The average Bonchev–Trinajstić information content (AvgIpc) is 2.61. The molecule has 2 N–H and O–H groups in total. The van der Waals surface area contributed by atoms with E-state index in [9.17, 15) is 9.59 Å². The van der Waals surface area contributed by atoms with Crippen LogP contribution in [0.1, 0.15) is 19.8 Å². The average molecular weight is 200 g/mol. The van der Waals surface area contributed by atoms with Crippen molar-refractivity contribution in [3.8, 4) is 0 Å². The quantitative estimate of drug-likeness (QED) is 0.620. The Balaban J connectivity index is 2.52. The topological polar surface area (TPSA) is 69.6 Å². The first-order chi connectivity index (χ1) is 6.56. The Morgan fingerprint density at radius 3 is 2.86 bits per heavy atom. The van der Waals surface area contributed by atoms with Gasteiger partial charge in [0.05, 0.1) is 12.6 Å². The lowest BCUT2D eigenvalue weighted by atomic mass is 10.2. The summed E-state index contributed by atoms with van der Waals surface area (Å²) in [7, 11) is 1.63. The largest absolute Gasteiger partial charge is 0.394 e. The van der Waals surface area contributed by atoms with Crippen molar-refractivity contribution in [3.05, 3.63) is 0 Å². The van der Waals surface area contributed by atoms with Gasteiger partial charge in [-0.3, -0.25) is 9.59 Å². The molecule has 0 aromatic rings. The molecule has 1 rings (SSSR count). The fourth-order valence-corrected chi connectivity index (χ4v) is 1.38. The highest BCUT2D eigenvalue weighted by molar-refractivity contribution is 5.90. The van der Waals surface area contributed by atoms with Gasteiger partial charge >= 0.3 is 0 Å². The molecule has 1 fully saturated rings. The van der Waals surface area contributed by atoms with Gasteiger partial charge in [0.25, 0.3) is 0 Å². The number of likely N-dealkylation sites (N-methyl/N-ethyl adjacent to an activating group) is 1. The van der Waals surface area contributed by atoms with Crippen LogP contribution in [-0.2, 0) is 9.59 Å². The lowest BCUT2D eigenvalue weighted by molar-refractivity contribution is -0.135. The van der Waals surface area contributed by atoms with Crippen molar-refractivity contribution in [2.45, 2.75) is 31.8 Å². The van der Waals surface area contributed by atoms with Gasteiger partial charge in [-0.1, -0.05) is 0 Å². The first-order valence-corrected chi connectivity index (χ1v) is 4.73. The second kappa shape index (κ2) is 4.41. The molecule has 5 heteroatoms. The Hall–Kier alpha value is -1.10. The van der Waals surface area contributed by atoms with E-state index < -0.39 is 6.04 Å². The standard InChI is InChI=1S/C9H16N2O3/c1-6(5-12)11(2)9(14)7-3-4-8(13)10-7/h6-7,12H,3-5H2,1-2H3,(H,10,13)/t6?,7-/m1/s1. The van der Waals surface area contributed by atoms with Crippen LogP contribution in [0.2, 0.25) is 0 Å². The van der Waals surface area contributed by atoms with Gasteiger partial charge in [-0.05, 0) is 13.3 Å². The SMILES string of the molecule is CC(CO)N(C)C(=O)[C@H]1CCC(=O)N1. The molecule has 0 spiro atoms. The van der Waals surface area contributed by atoms with E-state index in [1.807, 2.05) is 0 Å². The van der Waals surface area contributed by atoms with Crippen molar-refractivity contribution in [3.63, 3.8) is 0 Å². The highest BCUT2D eigenvalue weighted by Gasteiger charge is 2.30.